The third-order valence-corrected chi connectivity index (χ3v) is 2.75. The lowest BCUT2D eigenvalue weighted by molar-refractivity contribution is 1.18. The summed E-state index contributed by atoms with van der Waals surface area (Å²) in [6.07, 6.45) is 1.32. The van der Waals surface area contributed by atoms with Gasteiger partial charge in [-0.3, -0.25) is 0 Å². The van der Waals surface area contributed by atoms with Gasteiger partial charge in [0.15, 0.2) is 5.82 Å². The molecule has 0 atom stereocenters. The van der Waals surface area contributed by atoms with Crippen LogP contribution in [0.3, 0.4) is 0 Å². The van der Waals surface area contributed by atoms with Gasteiger partial charge in [-0.05, 0) is 18.2 Å². The summed E-state index contributed by atoms with van der Waals surface area (Å²) in [6, 6.07) is 5.02. The molecule has 0 fully saturated rings. The van der Waals surface area contributed by atoms with Crippen LogP contribution in [0.5, 0.6) is 0 Å². The van der Waals surface area contributed by atoms with E-state index < -0.39 is 0 Å². The number of nitrogens with one attached hydrogen (secondary N) is 1. The predicted molar refractivity (Wildman–Crippen MR) is 71.2 cm³/mol. The van der Waals surface area contributed by atoms with E-state index in [2.05, 4.69) is 15.3 Å². The molecule has 0 amide bonds. The van der Waals surface area contributed by atoms with Crippen molar-refractivity contribution < 1.29 is 0 Å². The molecule has 0 radical (unpaired) electrons. The van der Waals surface area contributed by atoms with Crippen molar-refractivity contribution in [2.24, 2.45) is 0 Å². The SMILES string of the molecule is Nc1ncnc(Nc2cc(Cl)cc(Cl)c2)c1Cl. The first-order chi connectivity index (χ1) is 8.06. The largest absolute Gasteiger partial charge is 0.382 e. The fraction of sp³-hybridized carbons (Fsp3) is 0. The average molecular weight is 290 g/mol. The molecule has 7 heteroatoms. The van der Waals surface area contributed by atoms with Crippen LogP contribution in [0.1, 0.15) is 0 Å². The van der Waals surface area contributed by atoms with E-state index in [0.29, 0.717) is 21.6 Å². The van der Waals surface area contributed by atoms with E-state index in [1.807, 2.05) is 0 Å². The summed E-state index contributed by atoms with van der Waals surface area (Å²) in [5.74, 6) is 0.606. The molecular formula is C10H7Cl3N4. The molecule has 0 bridgehead atoms. The molecule has 3 N–H and O–H groups in total. The molecule has 0 aliphatic carbocycles. The Hall–Kier alpha value is -1.23. The van der Waals surface area contributed by atoms with Gasteiger partial charge in [0.25, 0.3) is 0 Å². The summed E-state index contributed by atoms with van der Waals surface area (Å²) in [5.41, 5.74) is 6.23. The zero-order chi connectivity index (χ0) is 12.4. The zero-order valence-electron chi connectivity index (χ0n) is 8.42. The predicted octanol–water partition coefficient (Wildman–Crippen LogP) is 3.76. The summed E-state index contributed by atoms with van der Waals surface area (Å²) in [6.45, 7) is 0. The van der Waals surface area contributed by atoms with Crippen LogP contribution in [0.15, 0.2) is 24.5 Å². The van der Waals surface area contributed by atoms with E-state index >= 15 is 0 Å². The molecule has 1 aromatic carbocycles. The monoisotopic (exact) mass is 288 g/mol. The zero-order valence-corrected chi connectivity index (χ0v) is 10.7. The van der Waals surface area contributed by atoms with E-state index in [0.717, 1.165) is 0 Å². The number of aromatic nitrogens is 2. The number of rotatable bonds is 2. The maximum atomic E-state index is 5.94. The molecule has 0 aliphatic rings. The number of anilines is 3. The van der Waals surface area contributed by atoms with E-state index in [-0.39, 0.29) is 10.8 Å². The van der Waals surface area contributed by atoms with Crippen LogP contribution in [0.2, 0.25) is 15.1 Å². The average Bonchev–Trinajstić information content (AvgIpc) is 2.23. The Balaban J connectivity index is 2.34. The Kier molecular flexibility index (Phi) is 3.57. The molecule has 0 unspecified atom stereocenters. The number of benzene rings is 1. The fourth-order valence-electron chi connectivity index (χ4n) is 1.23. The number of hydrogen-bond acceptors (Lipinski definition) is 4. The van der Waals surface area contributed by atoms with Crippen LogP contribution >= 0.6 is 34.8 Å². The quantitative estimate of drug-likeness (QED) is 0.883. The maximum absolute atomic E-state index is 5.94. The normalized spacial score (nSPS) is 10.3. The molecule has 1 heterocycles. The molecular weight excluding hydrogens is 282 g/mol. The minimum absolute atomic E-state index is 0.206. The van der Waals surface area contributed by atoms with Gasteiger partial charge in [0, 0.05) is 15.7 Å². The van der Waals surface area contributed by atoms with E-state index in [1.54, 1.807) is 18.2 Å². The van der Waals surface area contributed by atoms with Crippen molar-refractivity contribution in [3.05, 3.63) is 39.6 Å². The van der Waals surface area contributed by atoms with Gasteiger partial charge >= 0.3 is 0 Å². The second-order valence-electron chi connectivity index (χ2n) is 3.20. The van der Waals surface area contributed by atoms with Crippen LogP contribution < -0.4 is 11.1 Å². The molecule has 0 saturated carbocycles. The fourth-order valence-corrected chi connectivity index (χ4v) is 1.90. The lowest BCUT2D eigenvalue weighted by atomic mass is 10.3. The highest BCUT2D eigenvalue weighted by atomic mass is 35.5. The number of halogens is 3. The van der Waals surface area contributed by atoms with E-state index in [9.17, 15) is 0 Å². The van der Waals surface area contributed by atoms with Crippen LogP contribution in [-0.2, 0) is 0 Å². The van der Waals surface area contributed by atoms with Gasteiger partial charge in [-0.15, -0.1) is 0 Å². The standard InChI is InChI=1S/C10H7Cl3N4/c11-5-1-6(12)3-7(2-5)17-10-8(13)9(14)15-4-16-10/h1-4H,(H3,14,15,16,17). The molecule has 0 aliphatic heterocycles. The summed E-state index contributed by atoms with van der Waals surface area (Å²) in [5, 5.41) is 4.24. The summed E-state index contributed by atoms with van der Waals surface area (Å²) < 4.78 is 0. The van der Waals surface area contributed by atoms with Crippen LogP contribution in [0.4, 0.5) is 17.3 Å². The smallest absolute Gasteiger partial charge is 0.154 e. The van der Waals surface area contributed by atoms with E-state index in [4.69, 9.17) is 40.5 Å². The number of hydrogen-bond donors (Lipinski definition) is 2. The first-order valence-corrected chi connectivity index (χ1v) is 5.69. The molecule has 1 aromatic heterocycles. The second kappa shape index (κ2) is 4.96. The Bertz CT molecular complexity index is 539. The highest BCUT2D eigenvalue weighted by molar-refractivity contribution is 6.36. The van der Waals surface area contributed by atoms with Gasteiger partial charge in [0.05, 0.1) is 0 Å². The molecule has 17 heavy (non-hydrogen) atoms. The van der Waals surface area contributed by atoms with Crippen LogP contribution in [0.25, 0.3) is 0 Å². The van der Waals surface area contributed by atoms with Crippen LogP contribution in [-0.4, -0.2) is 9.97 Å². The van der Waals surface area contributed by atoms with Crippen molar-refractivity contribution in [2.45, 2.75) is 0 Å². The van der Waals surface area contributed by atoms with Crippen molar-refractivity contribution in [2.75, 3.05) is 11.1 Å². The molecule has 0 saturated heterocycles. The summed E-state index contributed by atoms with van der Waals surface area (Å²) >= 11 is 17.7. The molecule has 0 spiro atoms. The number of nitrogens with two attached hydrogens (primary N) is 1. The Morgan fingerprint density at radius 1 is 1.00 bits per heavy atom. The summed E-state index contributed by atoms with van der Waals surface area (Å²) in [7, 11) is 0. The van der Waals surface area contributed by atoms with Crippen molar-refractivity contribution >= 4 is 52.1 Å². The molecule has 2 rings (SSSR count). The Morgan fingerprint density at radius 3 is 2.29 bits per heavy atom. The van der Waals surface area contributed by atoms with Gasteiger partial charge < -0.3 is 11.1 Å². The lowest BCUT2D eigenvalue weighted by Gasteiger charge is -2.08. The summed E-state index contributed by atoms with van der Waals surface area (Å²) in [4.78, 5) is 7.73. The highest BCUT2D eigenvalue weighted by Gasteiger charge is 2.07. The maximum Gasteiger partial charge on any atom is 0.154 e. The van der Waals surface area contributed by atoms with E-state index in [1.165, 1.54) is 6.33 Å². The van der Waals surface area contributed by atoms with Crippen molar-refractivity contribution in [1.82, 2.24) is 9.97 Å². The Morgan fingerprint density at radius 2 is 1.65 bits per heavy atom. The topological polar surface area (TPSA) is 63.8 Å². The molecule has 4 nitrogen and oxygen atoms in total. The first-order valence-electron chi connectivity index (χ1n) is 4.55. The highest BCUT2D eigenvalue weighted by Crippen LogP contribution is 2.29. The van der Waals surface area contributed by atoms with Gasteiger partial charge in [-0.25, -0.2) is 9.97 Å². The first kappa shape index (κ1) is 12.2. The van der Waals surface area contributed by atoms with Crippen molar-refractivity contribution in [3.8, 4) is 0 Å². The third-order valence-electron chi connectivity index (χ3n) is 1.94. The van der Waals surface area contributed by atoms with Crippen LogP contribution in [0, 0.1) is 0 Å². The molecule has 2 aromatic rings. The minimum Gasteiger partial charge on any atom is -0.382 e. The minimum atomic E-state index is 0.206. The Labute approximate surface area is 113 Å². The number of nitrogen functional groups attached to an aromatic ring is 1. The van der Waals surface area contributed by atoms with Gasteiger partial charge in [0.1, 0.15) is 17.2 Å². The van der Waals surface area contributed by atoms with Gasteiger partial charge in [0.2, 0.25) is 0 Å². The van der Waals surface area contributed by atoms with Gasteiger partial charge in [-0.1, -0.05) is 34.8 Å². The van der Waals surface area contributed by atoms with Gasteiger partial charge in [-0.2, -0.15) is 0 Å². The lowest BCUT2D eigenvalue weighted by Crippen LogP contribution is -1.99. The third kappa shape index (κ3) is 2.91. The molecule has 88 valence electrons. The van der Waals surface area contributed by atoms with Crippen molar-refractivity contribution in [1.29, 1.82) is 0 Å². The second-order valence-corrected chi connectivity index (χ2v) is 4.46. The van der Waals surface area contributed by atoms with Crippen molar-refractivity contribution in [3.63, 3.8) is 0 Å². The number of nitrogens with zero attached hydrogens (tertiary/aromatic N) is 2.